The molecule has 0 amide bonds. The number of rotatable bonds is 7. The molecule has 0 aromatic heterocycles. The van der Waals surface area contributed by atoms with E-state index in [9.17, 15) is 4.79 Å². The Kier molecular flexibility index (Phi) is 7.42. The van der Waals surface area contributed by atoms with E-state index in [-0.39, 0.29) is 0 Å². The molecule has 0 fully saturated rings. The van der Waals surface area contributed by atoms with Gasteiger partial charge in [-0.3, -0.25) is 0 Å². The zero-order chi connectivity index (χ0) is 11.0. The van der Waals surface area contributed by atoms with Gasteiger partial charge in [-0.05, 0) is 25.3 Å². The lowest BCUT2D eigenvalue weighted by Gasteiger charge is -2.10. The molecular formula is C10H20O3Si. The lowest BCUT2D eigenvalue weighted by Crippen LogP contribution is -2.05. The number of hydrogen-bond acceptors (Lipinski definition) is 2. The van der Waals surface area contributed by atoms with Crippen molar-refractivity contribution in [1.82, 2.24) is 0 Å². The highest BCUT2D eigenvalue weighted by Gasteiger charge is 2.06. The first-order chi connectivity index (χ1) is 6.61. The summed E-state index contributed by atoms with van der Waals surface area (Å²) in [4.78, 5) is 10.5. The van der Waals surface area contributed by atoms with Gasteiger partial charge in [0.05, 0.1) is 0 Å². The van der Waals surface area contributed by atoms with Crippen LogP contribution in [0.2, 0.25) is 5.54 Å². The zero-order valence-corrected chi connectivity index (χ0v) is 10.7. The molecule has 0 aliphatic heterocycles. The van der Waals surface area contributed by atoms with E-state index in [0.29, 0.717) is 11.1 Å². The Balaban J connectivity index is 3.80. The first-order valence-corrected chi connectivity index (χ1v) is 6.40. The van der Waals surface area contributed by atoms with Crippen molar-refractivity contribution in [2.75, 3.05) is 7.11 Å². The van der Waals surface area contributed by atoms with E-state index in [4.69, 9.17) is 9.53 Å². The van der Waals surface area contributed by atoms with Crippen LogP contribution in [-0.4, -0.2) is 27.9 Å². The minimum Gasteiger partial charge on any atom is -0.478 e. The van der Waals surface area contributed by atoms with Crippen LogP contribution in [0.15, 0.2) is 11.6 Å². The molecule has 0 heterocycles. The largest absolute Gasteiger partial charge is 0.478 e. The van der Waals surface area contributed by atoms with Gasteiger partial charge in [0.15, 0.2) is 9.76 Å². The van der Waals surface area contributed by atoms with E-state index in [2.05, 4.69) is 6.92 Å². The first-order valence-electron chi connectivity index (χ1n) is 5.00. The number of allylic oxidation sites excluding steroid dienone is 1. The van der Waals surface area contributed by atoms with Crippen LogP contribution in [0.25, 0.3) is 0 Å². The Morgan fingerprint density at radius 2 is 2.29 bits per heavy atom. The van der Waals surface area contributed by atoms with Gasteiger partial charge in [-0.25, -0.2) is 4.79 Å². The van der Waals surface area contributed by atoms with Crippen molar-refractivity contribution in [3.8, 4) is 0 Å². The number of aliphatic carboxylic acids is 1. The van der Waals surface area contributed by atoms with Crippen molar-refractivity contribution in [3.63, 3.8) is 0 Å². The van der Waals surface area contributed by atoms with Gasteiger partial charge in [0, 0.05) is 12.7 Å². The summed E-state index contributed by atoms with van der Waals surface area (Å²) in [6.45, 7) is 3.79. The maximum absolute atomic E-state index is 10.5. The summed E-state index contributed by atoms with van der Waals surface area (Å²) in [6.07, 6.45) is 4.85. The second kappa shape index (κ2) is 7.76. The Labute approximate surface area is 88.1 Å². The van der Waals surface area contributed by atoms with Gasteiger partial charge in [-0.2, -0.15) is 0 Å². The molecule has 0 aromatic rings. The van der Waals surface area contributed by atoms with Crippen LogP contribution in [0.5, 0.6) is 0 Å². The molecule has 0 aliphatic carbocycles. The highest BCUT2D eigenvalue weighted by Crippen LogP contribution is 2.17. The summed E-state index contributed by atoms with van der Waals surface area (Å²) in [5.74, 6) is -0.818. The van der Waals surface area contributed by atoms with Crippen LogP contribution in [0.1, 0.15) is 33.1 Å². The van der Waals surface area contributed by atoms with Gasteiger partial charge in [-0.15, -0.1) is 0 Å². The number of carboxylic acids is 1. The topological polar surface area (TPSA) is 46.5 Å². The van der Waals surface area contributed by atoms with Crippen LogP contribution in [-0.2, 0) is 9.22 Å². The second-order valence-corrected chi connectivity index (χ2v) is 5.56. The van der Waals surface area contributed by atoms with Crippen molar-refractivity contribution in [3.05, 3.63) is 11.6 Å². The van der Waals surface area contributed by atoms with Gasteiger partial charge < -0.3 is 9.53 Å². The maximum atomic E-state index is 10.5. The van der Waals surface area contributed by atoms with E-state index in [1.54, 1.807) is 20.1 Å². The lowest BCUT2D eigenvalue weighted by molar-refractivity contribution is -0.132. The molecule has 0 spiro atoms. The summed E-state index contributed by atoms with van der Waals surface area (Å²) < 4.78 is 5.20. The Hall–Kier alpha value is -0.613. The van der Waals surface area contributed by atoms with E-state index in [0.717, 1.165) is 19.3 Å². The fraction of sp³-hybridized carbons (Fsp3) is 0.700. The third kappa shape index (κ3) is 5.94. The average molecular weight is 216 g/mol. The van der Waals surface area contributed by atoms with Crippen molar-refractivity contribution >= 4 is 15.7 Å². The smallest absolute Gasteiger partial charge is 0.330 e. The van der Waals surface area contributed by atoms with Crippen LogP contribution in [0.3, 0.4) is 0 Å². The van der Waals surface area contributed by atoms with Crippen LogP contribution < -0.4 is 0 Å². The number of hydrogen-bond donors (Lipinski definition) is 1. The first kappa shape index (κ1) is 13.4. The van der Waals surface area contributed by atoms with Crippen LogP contribution in [0.4, 0.5) is 0 Å². The predicted octanol–water partition coefficient (Wildman–Crippen LogP) is 1.73. The standard InChI is InChI=1S/C10H20O3Si/c1-4-9(14-13-3)7-5-6-8(2)10(11)12/h6,9H,4-5,7,14H2,1-3H3,(H,11,12). The fourth-order valence-electron chi connectivity index (χ4n) is 1.26. The molecule has 0 saturated heterocycles. The van der Waals surface area contributed by atoms with Crippen molar-refractivity contribution < 1.29 is 14.3 Å². The van der Waals surface area contributed by atoms with Gasteiger partial charge in [0.2, 0.25) is 0 Å². The molecule has 14 heavy (non-hydrogen) atoms. The third-order valence-electron chi connectivity index (χ3n) is 2.34. The van der Waals surface area contributed by atoms with Crippen LogP contribution in [0, 0.1) is 0 Å². The zero-order valence-electron chi connectivity index (χ0n) is 9.25. The summed E-state index contributed by atoms with van der Waals surface area (Å²) in [5.41, 5.74) is 1.12. The third-order valence-corrected chi connectivity index (χ3v) is 4.13. The molecule has 3 nitrogen and oxygen atoms in total. The number of carboxylic acid groups (broad SMARTS) is 1. The summed E-state index contributed by atoms with van der Waals surface area (Å²) in [6, 6.07) is 0. The van der Waals surface area contributed by atoms with E-state index in [1.807, 2.05) is 0 Å². The highest BCUT2D eigenvalue weighted by molar-refractivity contribution is 6.29. The maximum Gasteiger partial charge on any atom is 0.330 e. The van der Waals surface area contributed by atoms with Gasteiger partial charge in [0.1, 0.15) is 0 Å². The van der Waals surface area contributed by atoms with Crippen molar-refractivity contribution in [2.24, 2.45) is 0 Å². The van der Waals surface area contributed by atoms with E-state index >= 15 is 0 Å². The van der Waals surface area contributed by atoms with Gasteiger partial charge in [-0.1, -0.05) is 19.4 Å². The SMILES string of the molecule is CCC(CCC=C(C)C(=O)O)[SiH2]OC. The Morgan fingerprint density at radius 1 is 1.64 bits per heavy atom. The molecule has 0 rings (SSSR count). The highest BCUT2D eigenvalue weighted by atomic mass is 28.2. The summed E-state index contributed by atoms with van der Waals surface area (Å²) in [7, 11) is 1.35. The molecule has 82 valence electrons. The molecule has 0 aromatic carbocycles. The molecule has 1 unspecified atom stereocenters. The lowest BCUT2D eigenvalue weighted by atomic mass is 10.1. The molecule has 1 N–H and O–H groups in total. The van der Waals surface area contributed by atoms with Crippen LogP contribution >= 0.6 is 0 Å². The summed E-state index contributed by atoms with van der Waals surface area (Å²) >= 11 is 0. The molecule has 4 heteroatoms. The predicted molar refractivity (Wildman–Crippen MR) is 60.2 cm³/mol. The fourth-order valence-corrected chi connectivity index (χ4v) is 2.37. The molecule has 0 saturated carbocycles. The van der Waals surface area contributed by atoms with Crippen molar-refractivity contribution in [1.29, 1.82) is 0 Å². The normalized spacial score (nSPS) is 14.9. The molecule has 1 atom stereocenters. The minimum atomic E-state index is -0.818. The second-order valence-electron chi connectivity index (χ2n) is 3.50. The molecule has 0 radical (unpaired) electrons. The van der Waals surface area contributed by atoms with Gasteiger partial charge >= 0.3 is 5.97 Å². The quantitative estimate of drug-likeness (QED) is 0.521. The molecule has 0 aliphatic rings. The summed E-state index contributed by atoms with van der Waals surface area (Å²) in [5, 5.41) is 8.62. The Bertz CT molecular complexity index is 202. The molecule has 0 bridgehead atoms. The molecular weight excluding hydrogens is 196 g/mol. The monoisotopic (exact) mass is 216 g/mol. The van der Waals surface area contributed by atoms with E-state index in [1.165, 1.54) is 0 Å². The van der Waals surface area contributed by atoms with E-state index < -0.39 is 15.7 Å². The minimum absolute atomic E-state index is 0.405. The Morgan fingerprint density at radius 3 is 2.71 bits per heavy atom. The van der Waals surface area contributed by atoms with Crippen molar-refractivity contribution in [2.45, 2.75) is 38.7 Å². The average Bonchev–Trinajstić information content (AvgIpc) is 2.16. The van der Waals surface area contributed by atoms with Gasteiger partial charge in [0.25, 0.3) is 0 Å². The number of carbonyl (C=O) groups is 1.